The molecule has 3 N–H and O–H groups in total. The lowest BCUT2D eigenvalue weighted by molar-refractivity contribution is 0.0691. The van der Waals surface area contributed by atoms with E-state index in [9.17, 15) is 9.90 Å². The minimum Gasteiger partial charge on any atom is -0.476 e. The van der Waals surface area contributed by atoms with Gasteiger partial charge in [0.1, 0.15) is 0 Å². The lowest BCUT2D eigenvalue weighted by Gasteiger charge is -2.26. The van der Waals surface area contributed by atoms with Crippen LogP contribution in [-0.4, -0.2) is 33.8 Å². The highest BCUT2D eigenvalue weighted by molar-refractivity contribution is 5.91. The maximum absolute atomic E-state index is 11.0. The summed E-state index contributed by atoms with van der Waals surface area (Å²) in [6.45, 7) is 0.684. The second-order valence-corrected chi connectivity index (χ2v) is 4.77. The van der Waals surface area contributed by atoms with E-state index < -0.39 is 5.97 Å². The molecule has 1 aromatic rings. The number of hydrogen-bond donors (Lipinski definition) is 3. The largest absolute Gasteiger partial charge is 0.476 e. The van der Waals surface area contributed by atoms with Crippen LogP contribution in [0.1, 0.15) is 36.2 Å². The van der Waals surface area contributed by atoms with E-state index in [2.05, 4.69) is 10.3 Å². The molecule has 0 bridgehead atoms. The number of rotatable bonds is 4. The molecule has 98 valence electrons. The third-order valence-corrected chi connectivity index (χ3v) is 3.35. The van der Waals surface area contributed by atoms with Gasteiger partial charge in [0.05, 0.1) is 11.8 Å². The zero-order valence-electron chi connectivity index (χ0n) is 10.2. The van der Waals surface area contributed by atoms with Crippen LogP contribution in [-0.2, 0) is 0 Å². The molecule has 0 amide bonds. The van der Waals surface area contributed by atoms with Crippen LogP contribution in [0.3, 0.4) is 0 Å². The number of aliphatic hydroxyl groups is 1. The maximum atomic E-state index is 11.0. The van der Waals surface area contributed by atoms with Crippen molar-refractivity contribution in [3.8, 4) is 0 Å². The van der Waals surface area contributed by atoms with Gasteiger partial charge in [0.2, 0.25) is 0 Å². The first-order chi connectivity index (χ1) is 8.66. The zero-order chi connectivity index (χ0) is 13.0. The highest BCUT2D eigenvalue weighted by atomic mass is 16.4. The van der Waals surface area contributed by atoms with Gasteiger partial charge in [0.25, 0.3) is 0 Å². The van der Waals surface area contributed by atoms with Gasteiger partial charge in [0, 0.05) is 12.7 Å². The number of carboxylic acids is 1. The average Bonchev–Trinajstić information content (AvgIpc) is 2.37. The van der Waals surface area contributed by atoms with Crippen LogP contribution in [0, 0.1) is 5.92 Å². The minimum atomic E-state index is -1.03. The second kappa shape index (κ2) is 5.82. The first kappa shape index (κ1) is 12.8. The summed E-state index contributed by atoms with van der Waals surface area (Å²) in [6, 6.07) is 3.43. The number of carbonyl (C=O) groups is 1. The molecule has 1 saturated carbocycles. The van der Waals surface area contributed by atoms with Crippen LogP contribution in [0.5, 0.6) is 0 Å². The number of aliphatic hydroxyl groups excluding tert-OH is 1. The molecule has 5 heteroatoms. The second-order valence-electron chi connectivity index (χ2n) is 4.77. The van der Waals surface area contributed by atoms with Crippen LogP contribution in [0.25, 0.3) is 0 Å². The Labute approximate surface area is 106 Å². The van der Waals surface area contributed by atoms with E-state index >= 15 is 0 Å². The van der Waals surface area contributed by atoms with E-state index in [0.29, 0.717) is 18.2 Å². The highest BCUT2D eigenvalue weighted by Crippen LogP contribution is 2.25. The minimum absolute atomic E-state index is 0.0499. The third-order valence-electron chi connectivity index (χ3n) is 3.35. The SMILES string of the molecule is O=C(O)c1ncccc1NCC1CCCC(O)C1. The van der Waals surface area contributed by atoms with E-state index in [1.54, 1.807) is 12.1 Å². The van der Waals surface area contributed by atoms with Crippen molar-refractivity contribution in [1.29, 1.82) is 0 Å². The van der Waals surface area contributed by atoms with E-state index in [0.717, 1.165) is 25.7 Å². The predicted molar refractivity (Wildman–Crippen MR) is 67.7 cm³/mol. The Hall–Kier alpha value is -1.62. The lowest BCUT2D eigenvalue weighted by atomic mass is 9.87. The van der Waals surface area contributed by atoms with Gasteiger partial charge in [-0.05, 0) is 37.3 Å². The van der Waals surface area contributed by atoms with Crippen molar-refractivity contribution >= 4 is 11.7 Å². The molecule has 0 spiro atoms. The number of pyridine rings is 1. The Morgan fingerprint density at radius 3 is 3.06 bits per heavy atom. The smallest absolute Gasteiger partial charge is 0.356 e. The summed E-state index contributed by atoms with van der Waals surface area (Å²) in [7, 11) is 0. The van der Waals surface area contributed by atoms with Gasteiger partial charge < -0.3 is 15.5 Å². The van der Waals surface area contributed by atoms with Crippen molar-refractivity contribution in [2.45, 2.75) is 31.8 Å². The summed E-state index contributed by atoms with van der Waals surface area (Å²) >= 11 is 0. The molecule has 18 heavy (non-hydrogen) atoms. The van der Waals surface area contributed by atoms with Crippen molar-refractivity contribution in [3.05, 3.63) is 24.0 Å². The van der Waals surface area contributed by atoms with Crippen molar-refractivity contribution in [2.75, 3.05) is 11.9 Å². The van der Waals surface area contributed by atoms with Crippen LogP contribution in [0.2, 0.25) is 0 Å². The van der Waals surface area contributed by atoms with Gasteiger partial charge >= 0.3 is 5.97 Å². The van der Waals surface area contributed by atoms with Crippen molar-refractivity contribution in [3.63, 3.8) is 0 Å². The molecule has 0 saturated heterocycles. The van der Waals surface area contributed by atoms with Gasteiger partial charge in [-0.15, -0.1) is 0 Å². The van der Waals surface area contributed by atoms with Gasteiger partial charge in [-0.25, -0.2) is 9.78 Å². The summed E-state index contributed by atoms with van der Waals surface area (Å²) in [4.78, 5) is 14.8. The summed E-state index contributed by atoms with van der Waals surface area (Å²) in [5.74, 6) is -0.627. The fourth-order valence-corrected chi connectivity index (χ4v) is 2.42. The topological polar surface area (TPSA) is 82.5 Å². The van der Waals surface area contributed by atoms with E-state index in [-0.39, 0.29) is 11.8 Å². The summed E-state index contributed by atoms with van der Waals surface area (Å²) in [5, 5.41) is 21.7. The van der Waals surface area contributed by atoms with Crippen molar-refractivity contribution in [2.24, 2.45) is 5.92 Å². The standard InChI is InChI=1S/C13H18N2O3/c16-10-4-1-3-9(7-10)8-15-11-5-2-6-14-12(11)13(17)18/h2,5-6,9-10,15-16H,1,3-4,7-8H2,(H,17,18). The van der Waals surface area contributed by atoms with Crippen LogP contribution in [0.15, 0.2) is 18.3 Å². The van der Waals surface area contributed by atoms with Crippen LogP contribution in [0.4, 0.5) is 5.69 Å². The highest BCUT2D eigenvalue weighted by Gasteiger charge is 2.20. The van der Waals surface area contributed by atoms with Crippen molar-refractivity contribution in [1.82, 2.24) is 4.98 Å². The van der Waals surface area contributed by atoms with Crippen molar-refractivity contribution < 1.29 is 15.0 Å². The van der Waals surface area contributed by atoms with Crippen LogP contribution >= 0.6 is 0 Å². The number of aromatic carboxylic acids is 1. The molecule has 1 heterocycles. The number of nitrogens with one attached hydrogen (secondary N) is 1. The van der Waals surface area contributed by atoms with E-state index in [1.165, 1.54) is 6.20 Å². The molecule has 1 fully saturated rings. The first-order valence-electron chi connectivity index (χ1n) is 6.27. The Bertz CT molecular complexity index is 422. The number of nitrogens with zero attached hydrogens (tertiary/aromatic N) is 1. The van der Waals surface area contributed by atoms with E-state index in [4.69, 9.17) is 5.11 Å². The Kier molecular flexibility index (Phi) is 4.15. The van der Waals surface area contributed by atoms with E-state index in [1.807, 2.05) is 0 Å². The quantitative estimate of drug-likeness (QED) is 0.758. The molecule has 0 radical (unpaired) electrons. The van der Waals surface area contributed by atoms with Gasteiger partial charge in [-0.3, -0.25) is 0 Å². The molecule has 1 aromatic heterocycles. The van der Waals surface area contributed by atoms with Gasteiger partial charge in [-0.1, -0.05) is 6.42 Å². The Morgan fingerprint density at radius 1 is 1.50 bits per heavy atom. The molecular formula is C13H18N2O3. The van der Waals surface area contributed by atoms with Gasteiger partial charge in [-0.2, -0.15) is 0 Å². The molecule has 2 unspecified atom stereocenters. The Balaban J connectivity index is 1.95. The predicted octanol–water partition coefficient (Wildman–Crippen LogP) is 1.74. The van der Waals surface area contributed by atoms with Gasteiger partial charge in [0.15, 0.2) is 5.69 Å². The first-order valence-corrected chi connectivity index (χ1v) is 6.27. The third kappa shape index (κ3) is 3.20. The fraction of sp³-hybridized carbons (Fsp3) is 0.538. The molecule has 0 aliphatic heterocycles. The fourth-order valence-electron chi connectivity index (χ4n) is 2.42. The normalized spacial score (nSPS) is 23.6. The Morgan fingerprint density at radius 2 is 2.33 bits per heavy atom. The number of hydrogen-bond acceptors (Lipinski definition) is 4. The maximum Gasteiger partial charge on any atom is 0.356 e. The lowest BCUT2D eigenvalue weighted by Crippen LogP contribution is -2.25. The molecule has 2 atom stereocenters. The monoisotopic (exact) mass is 250 g/mol. The number of carboxylic acid groups (broad SMARTS) is 1. The summed E-state index contributed by atoms with van der Waals surface area (Å²) in [6.07, 6.45) is 5.04. The zero-order valence-corrected chi connectivity index (χ0v) is 10.2. The summed E-state index contributed by atoms with van der Waals surface area (Å²) in [5.41, 5.74) is 0.596. The molecule has 0 aromatic carbocycles. The van der Waals surface area contributed by atoms with Crippen LogP contribution < -0.4 is 5.32 Å². The molecule has 2 rings (SSSR count). The summed E-state index contributed by atoms with van der Waals surface area (Å²) < 4.78 is 0. The molecule has 1 aliphatic carbocycles. The average molecular weight is 250 g/mol. The number of aromatic nitrogens is 1. The number of anilines is 1. The molecule has 5 nitrogen and oxygen atoms in total. The molecular weight excluding hydrogens is 232 g/mol. The molecule has 1 aliphatic rings.